The van der Waals surface area contributed by atoms with E-state index in [0.29, 0.717) is 34.9 Å². The summed E-state index contributed by atoms with van der Waals surface area (Å²) in [6.07, 6.45) is 0. The van der Waals surface area contributed by atoms with Crippen molar-refractivity contribution in [1.82, 2.24) is 34.5 Å². The summed E-state index contributed by atoms with van der Waals surface area (Å²) in [4.78, 5) is 30.5. The molecule has 0 N–H and O–H groups in total. The average molecular weight is 934 g/mol. The molecule has 10 aromatic carbocycles. The van der Waals surface area contributed by atoms with Gasteiger partial charge in [-0.1, -0.05) is 218 Å². The second-order valence-corrected chi connectivity index (χ2v) is 17.9. The van der Waals surface area contributed by atoms with E-state index in [1.54, 1.807) is 0 Å². The van der Waals surface area contributed by atoms with Crippen LogP contribution in [0.15, 0.2) is 261 Å². The Kier molecular flexibility index (Phi) is 11.1. The third-order valence-corrected chi connectivity index (χ3v) is 13.3. The Balaban J connectivity index is 1.03. The zero-order valence-electron chi connectivity index (χ0n) is 39.5. The van der Waals surface area contributed by atoms with Crippen molar-refractivity contribution in [2.24, 2.45) is 0 Å². The lowest BCUT2D eigenvalue weighted by molar-refractivity contribution is 1.07. The fourth-order valence-electron chi connectivity index (χ4n) is 9.75. The summed E-state index contributed by atoms with van der Waals surface area (Å²) in [6, 6.07) is 90.4. The maximum Gasteiger partial charge on any atom is 0.164 e. The van der Waals surface area contributed by atoms with Crippen LogP contribution >= 0.6 is 0 Å². The topological polar surface area (TPSA) is 82.3 Å². The number of aromatic nitrogens is 7. The fraction of sp³-hybridized carbons (Fsp3) is 0. The number of benzene rings is 10. The highest BCUT2D eigenvalue weighted by molar-refractivity contribution is 6.15. The van der Waals surface area contributed by atoms with Crippen molar-refractivity contribution in [2.75, 3.05) is 0 Å². The smallest absolute Gasteiger partial charge is 0.164 e. The minimum absolute atomic E-state index is 0.591. The van der Waals surface area contributed by atoms with Gasteiger partial charge in [-0.25, -0.2) is 29.9 Å². The van der Waals surface area contributed by atoms with E-state index in [1.165, 1.54) is 0 Å². The van der Waals surface area contributed by atoms with Gasteiger partial charge >= 0.3 is 0 Å². The summed E-state index contributed by atoms with van der Waals surface area (Å²) in [7, 11) is 0. The Hall–Kier alpha value is -9.98. The molecule has 0 aliphatic carbocycles. The molecule has 0 radical (unpaired) electrons. The number of rotatable bonds is 10. The van der Waals surface area contributed by atoms with Gasteiger partial charge in [0.1, 0.15) is 0 Å². The van der Waals surface area contributed by atoms with Gasteiger partial charge in [-0.3, -0.25) is 0 Å². The molecule has 0 bridgehead atoms. The Labute approximate surface area is 422 Å². The molecule has 7 heteroatoms. The number of fused-ring (bicyclic) bond motifs is 3. The van der Waals surface area contributed by atoms with E-state index in [1.807, 2.05) is 121 Å². The molecule has 0 unspecified atom stereocenters. The van der Waals surface area contributed by atoms with Crippen molar-refractivity contribution in [2.45, 2.75) is 0 Å². The maximum absolute atomic E-state index is 5.15. The van der Waals surface area contributed by atoms with Gasteiger partial charge in [0.05, 0.1) is 11.0 Å². The lowest BCUT2D eigenvalue weighted by atomic mass is 9.93. The molecule has 0 saturated heterocycles. The van der Waals surface area contributed by atoms with Gasteiger partial charge in [-0.05, 0) is 70.3 Å². The lowest BCUT2D eigenvalue weighted by Crippen LogP contribution is -2.00. The number of hydrogen-bond donors (Lipinski definition) is 0. The quantitative estimate of drug-likeness (QED) is 0.136. The summed E-state index contributed by atoms with van der Waals surface area (Å²) in [5.74, 6) is 3.65. The molecule has 0 aliphatic heterocycles. The van der Waals surface area contributed by atoms with Gasteiger partial charge in [0.25, 0.3) is 0 Å². The van der Waals surface area contributed by atoms with E-state index in [4.69, 9.17) is 29.9 Å². The molecule has 3 aromatic heterocycles. The summed E-state index contributed by atoms with van der Waals surface area (Å²) < 4.78 is 2.42. The molecule has 7 nitrogen and oxygen atoms in total. The SMILES string of the molecule is c1ccc(-c2cccc(-n3c4ccccc4c4cc(-c5cccc(-c6nc(-c7ccccc7)nc(-c7ccccc7)n6)c5)cc(-c5cccc(-c6nc(-c7ccccc7)nc(-c7ccccc7)n6)c5)c43)c2)cc1. The summed E-state index contributed by atoms with van der Waals surface area (Å²) in [5.41, 5.74) is 15.2. The van der Waals surface area contributed by atoms with Crippen LogP contribution in [-0.4, -0.2) is 34.5 Å². The van der Waals surface area contributed by atoms with E-state index < -0.39 is 0 Å². The van der Waals surface area contributed by atoms with Gasteiger partial charge < -0.3 is 4.57 Å². The van der Waals surface area contributed by atoms with Crippen LogP contribution in [0, 0.1) is 0 Å². The molecule has 13 rings (SSSR count). The van der Waals surface area contributed by atoms with Crippen LogP contribution in [0.2, 0.25) is 0 Å². The largest absolute Gasteiger partial charge is 0.309 e. The molecule has 0 aliphatic rings. The molecule has 0 spiro atoms. The van der Waals surface area contributed by atoms with E-state index in [-0.39, 0.29) is 0 Å². The van der Waals surface area contributed by atoms with Gasteiger partial charge in [-0.15, -0.1) is 0 Å². The van der Waals surface area contributed by atoms with Gasteiger partial charge in [0.2, 0.25) is 0 Å². The van der Waals surface area contributed by atoms with Gasteiger partial charge in [0.15, 0.2) is 34.9 Å². The number of nitrogens with zero attached hydrogens (tertiary/aromatic N) is 7. The Morgan fingerprint density at radius 1 is 0.219 bits per heavy atom. The zero-order chi connectivity index (χ0) is 48.5. The molecule has 3 heterocycles. The number of para-hydroxylation sites is 1. The highest BCUT2D eigenvalue weighted by Crippen LogP contribution is 2.43. The minimum Gasteiger partial charge on any atom is -0.309 e. The molecule has 342 valence electrons. The van der Waals surface area contributed by atoms with E-state index in [0.717, 1.165) is 94.3 Å². The Morgan fingerprint density at radius 2 is 0.575 bits per heavy atom. The first-order valence-electron chi connectivity index (χ1n) is 24.4. The summed E-state index contributed by atoms with van der Waals surface area (Å²) in [6.45, 7) is 0. The molecular weight excluding hydrogens is 891 g/mol. The minimum atomic E-state index is 0.591. The monoisotopic (exact) mass is 933 g/mol. The molecule has 0 atom stereocenters. The second kappa shape index (κ2) is 18.7. The van der Waals surface area contributed by atoms with E-state index >= 15 is 0 Å². The van der Waals surface area contributed by atoms with Crippen LogP contribution in [0.3, 0.4) is 0 Å². The van der Waals surface area contributed by atoms with Crippen molar-refractivity contribution in [1.29, 1.82) is 0 Å². The van der Waals surface area contributed by atoms with Crippen LogP contribution in [0.25, 0.3) is 129 Å². The zero-order valence-corrected chi connectivity index (χ0v) is 39.5. The first kappa shape index (κ1) is 43.1. The van der Waals surface area contributed by atoms with Crippen molar-refractivity contribution in [3.05, 3.63) is 261 Å². The second-order valence-electron chi connectivity index (χ2n) is 17.9. The normalized spacial score (nSPS) is 11.3. The molecule has 13 aromatic rings. The van der Waals surface area contributed by atoms with E-state index in [9.17, 15) is 0 Å². The molecule has 0 saturated carbocycles. The first-order valence-corrected chi connectivity index (χ1v) is 24.4. The highest BCUT2D eigenvalue weighted by Gasteiger charge is 2.21. The van der Waals surface area contributed by atoms with Crippen molar-refractivity contribution < 1.29 is 0 Å². The first-order chi connectivity index (χ1) is 36.2. The standard InChI is InChI=1S/C66H43N7/c1-6-21-44(22-7-1)50-32-20-36-55(41-50)73-59-38-17-16-37-56(59)58-43-54(49-31-18-34-52(39-49)65-69-61(45-23-8-2-9-24-45)67-62(70-65)46-25-10-3-11-26-46)42-57(60(58)73)51-33-19-35-53(40-51)66-71-63(47-27-12-4-13-28-47)68-64(72-66)48-29-14-5-15-30-48/h1-43H. The predicted octanol–water partition coefficient (Wildman–Crippen LogP) is 16.2. The molecule has 0 amide bonds. The van der Waals surface area contributed by atoms with Crippen LogP contribution in [0.4, 0.5) is 0 Å². The molecule has 0 fully saturated rings. The third-order valence-electron chi connectivity index (χ3n) is 13.3. The van der Waals surface area contributed by atoms with Crippen molar-refractivity contribution in [3.63, 3.8) is 0 Å². The fourth-order valence-corrected chi connectivity index (χ4v) is 9.75. The summed E-state index contributed by atoms with van der Waals surface area (Å²) >= 11 is 0. The number of hydrogen-bond acceptors (Lipinski definition) is 6. The maximum atomic E-state index is 5.15. The lowest BCUT2D eigenvalue weighted by Gasteiger charge is -2.16. The summed E-state index contributed by atoms with van der Waals surface area (Å²) in [5, 5.41) is 2.27. The van der Waals surface area contributed by atoms with Crippen LogP contribution < -0.4 is 0 Å². The van der Waals surface area contributed by atoms with Crippen LogP contribution in [-0.2, 0) is 0 Å². The van der Waals surface area contributed by atoms with Crippen LogP contribution in [0.5, 0.6) is 0 Å². The van der Waals surface area contributed by atoms with Crippen molar-refractivity contribution in [3.8, 4) is 107 Å². The van der Waals surface area contributed by atoms with Gasteiger partial charge in [-0.2, -0.15) is 0 Å². The molecular formula is C66H43N7. The van der Waals surface area contributed by atoms with E-state index in [2.05, 4.69) is 144 Å². The Morgan fingerprint density at radius 3 is 1.07 bits per heavy atom. The highest BCUT2D eigenvalue weighted by atomic mass is 15.0. The van der Waals surface area contributed by atoms with Crippen LogP contribution in [0.1, 0.15) is 0 Å². The Bertz CT molecular complexity index is 4010. The molecule has 73 heavy (non-hydrogen) atoms. The van der Waals surface area contributed by atoms with Crippen molar-refractivity contribution >= 4 is 21.8 Å². The average Bonchev–Trinajstić information content (AvgIpc) is 3.82. The third kappa shape index (κ3) is 8.41. The predicted molar refractivity (Wildman–Crippen MR) is 296 cm³/mol. The van der Waals surface area contributed by atoms with Gasteiger partial charge in [0, 0.05) is 55.4 Å².